The Balaban J connectivity index is 2.10. The molecule has 2 aromatic carbocycles. The first-order chi connectivity index (χ1) is 14.6. The van der Waals surface area contributed by atoms with Crippen LogP contribution in [0.15, 0.2) is 42.6 Å². The summed E-state index contributed by atoms with van der Waals surface area (Å²) in [6, 6.07) is 8.18. The number of hydrogen-bond acceptors (Lipinski definition) is 2. The van der Waals surface area contributed by atoms with Gasteiger partial charge in [0, 0.05) is 34.9 Å². The van der Waals surface area contributed by atoms with Crippen molar-refractivity contribution in [1.82, 2.24) is 9.29 Å². The highest BCUT2D eigenvalue weighted by atomic mass is 32.2. The van der Waals surface area contributed by atoms with Crippen LogP contribution >= 0.6 is 11.9 Å². The van der Waals surface area contributed by atoms with Crippen LogP contribution in [0.3, 0.4) is 0 Å². The highest BCUT2D eigenvalue weighted by molar-refractivity contribution is 7.98. The molecule has 0 aliphatic heterocycles. The van der Waals surface area contributed by atoms with Crippen LogP contribution in [0.4, 0.5) is 17.6 Å². The number of rotatable bonds is 5. The Bertz CT molecular complexity index is 1100. The van der Waals surface area contributed by atoms with Crippen molar-refractivity contribution < 1.29 is 17.6 Å². The van der Waals surface area contributed by atoms with E-state index in [4.69, 9.17) is 0 Å². The monoisotopic (exact) mass is 466 g/mol. The molecule has 7 heteroatoms. The van der Waals surface area contributed by atoms with Gasteiger partial charge in [0.2, 0.25) is 0 Å². The number of aromatic nitrogens is 1. The van der Waals surface area contributed by atoms with Gasteiger partial charge in [0.25, 0.3) is 0 Å². The van der Waals surface area contributed by atoms with Gasteiger partial charge in [0.1, 0.15) is 5.82 Å². The maximum atomic E-state index is 13.6. The van der Waals surface area contributed by atoms with Crippen LogP contribution in [0, 0.1) is 11.2 Å². The minimum Gasteiger partial charge on any atom is -0.347 e. The number of hydrogen-bond donors (Lipinski definition) is 1. The minimum absolute atomic E-state index is 0.0141. The Labute approximate surface area is 191 Å². The second kappa shape index (κ2) is 8.75. The van der Waals surface area contributed by atoms with Crippen LogP contribution in [-0.4, -0.2) is 9.31 Å². The largest absolute Gasteiger partial charge is 0.417 e. The van der Waals surface area contributed by atoms with Crippen LogP contribution in [0.1, 0.15) is 52.7 Å². The molecule has 0 aliphatic rings. The third-order valence-electron chi connectivity index (χ3n) is 4.85. The zero-order valence-corrected chi connectivity index (χ0v) is 20.1. The maximum Gasteiger partial charge on any atom is 0.417 e. The summed E-state index contributed by atoms with van der Waals surface area (Å²) in [5.41, 5.74) is 1.37. The first kappa shape index (κ1) is 24.6. The summed E-state index contributed by atoms with van der Waals surface area (Å²) in [6.07, 6.45) is -2.57. The maximum absolute atomic E-state index is 13.6. The normalized spacial score (nSPS) is 13.2. The SMILES string of the molecule is CC(C)(C)Cn1cc(CNSC(C)(C)C)c2ccc(-c3ccc(F)cc3C(F)(F)F)cc21. The average molecular weight is 467 g/mol. The van der Waals surface area contributed by atoms with Crippen LogP contribution < -0.4 is 4.72 Å². The van der Waals surface area contributed by atoms with Crippen molar-refractivity contribution in [1.29, 1.82) is 0 Å². The Hall–Kier alpha value is -1.99. The summed E-state index contributed by atoms with van der Waals surface area (Å²) in [6.45, 7) is 14.1. The molecule has 0 bridgehead atoms. The van der Waals surface area contributed by atoms with Gasteiger partial charge in [-0.1, -0.05) is 50.9 Å². The molecule has 3 rings (SSSR count). The van der Waals surface area contributed by atoms with Gasteiger partial charge in [-0.2, -0.15) is 13.2 Å². The molecule has 0 amide bonds. The molecule has 174 valence electrons. The van der Waals surface area contributed by atoms with Crippen molar-refractivity contribution in [3.05, 3.63) is 59.5 Å². The fourth-order valence-electron chi connectivity index (χ4n) is 3.65. The predicted octanol–water partition coefficient (Wildman–Crippen LogP) is 8.05. The molecule has 2 nitrogen and oxygen atoms in total. The molecule has 1 N–H and O–H groups in total. The van der Waals surface area contributed by atoms with E-state index in [2.05, 4.69) is 57.0 Å². The smallest absolute Gasteiger partial charge is 0.347 e. The molecule has 1 heterocycles. The number of alkyl halides is 3. The van der Waals surface area contributed by atoms with Crippen molar-refractivity contribution in [3.8, 4) is 11.1 Å². The first-order valence-corrected chi connectivity index (χ1v) is 11.4. The fourth-order valence-corrected chi connectivity index (χ4v) is 4.31. The zero-order chi connectivity index (χ0) is 23.9. The third-order valence-corrected chi connectivity index (χ3v) is 5.75. The highest BCUT2D eigenvalue weighted by Gasteiger charge is 2.34. The minimum atomic E-state index is -4.64. The first-order valence-electron chi connectivity index (χ1n) is 10.5. The van der Waals surface area contributed by atoms with Crippen LogP contribution in [-0.2, 0) is 19.3 Å². The van der Waals surface area contributed by atoms with Gasteiger partial charge in [-0.3, -0.25) is 4.72 Å². The summed E-state index contributed by atoms with van der Waals surface area (Å²) < 4.78 is 59.9. The Morgan fingerprint density at radius 1 is 0.938 bits per heavy atom. The molecule has 0 saturated heterocycles. The van der Waals surface area contributed by atoms with E-state index in [1.807, 2.05) is 6.07 Å². The second-order valence-corrected chi connectivity index (χ2v) is 12.0. The van der Waals surface area contributed by atoms with Gasteiger partial charge in [-0.05, 0) is 61.1 Å². The van der Waals surface area contributed by atoms with E-state index < -0.39 is 17.6 Å². The van der Waals surface area contributed by atoms with Gasteiger partial charge in [-0.15, -0.1) is 0 Å². The van der Waals surface area contributed by atoms with Gasteiger partial charge in [-0.25, -0.2) is 4.39 Å². The molecular weight excluding hydrogens is 436 g/mol. The molecule has 1 aromatic heterocycles. The Morgan fingerprint density at radius 2 is 1.62 bits per heavy atom. The van der Waals surface area contributed by atoms with Gasteiger partial charge in [0.15, 0.2) is 0 Å². The number of nitrogens with zero attached hydrogens (tertiary/aromatic N) is 1. The molecule has 0 spiro atoms. The fraction of sp³-hybridized carbons (Fsp3) is 0.440. The molecule has 0 fully saturated rings. The van der Waals surface area contributed by atoms with Gasteiger partial charge < -0.3 is 4.57 Å². The van der Waals surface area contributed by atoms with Gasteiger partial charge >= 0.3 is 6.18 Å². The number of nitrogens with one attached hydrogen (secondary N) is 1. The van der Waals surface area contributed by atoms with Crippen molar-refractivity contribution in [2.45, 2.75) is 65.6 Å². The molecule has 0 unspecified atom stereocenters. The number of halogens is 4. The molecule has 0 saturated carbocycles. The second-order valence-electron chi connectivity index (χ2n) is 10.3. The molecule has 32 heavy (non-hydrogen) atoms. The zero-order valence-electron chi connectivity index (χ0n) is 19.3. The van der Waals surface area contributed by atoms with E-state index in [0.717, 1.165) is 29.1 Å². The van der Waals surface area contributed by atoms with Crippen LogP contribution in [0.2, 0.25) is 0 Å². The van der Waals surface area contributed by atoms with Crippen molar-refractivity contribution >= 4 is 22.9 Å². The standard InChI is InChI=1S/C25H30F4N2S/c1-23(2,3)15-31-14-17(13-30-32-24(4,5)6)20-9-7-16(11-22(20)31)19-10-8-18(26)12-21(19)25(27,28)29/h7-12,14,30H,13,15H2,1-6H3. The van der Waals surface area contributed by atoms with Crippen LogP contribution in [0.5, 0.6) is 0 Å². The molecular formula is C25H30F4N2S. The Morgan fingerprint density at radius 3 is 2.22 bits per heavy atom. The van der Waals surface area contributed by atoms with Crippen molar-refractivity contribution in [3.63, 3.8) is 0 Å². The summed E-state index contributed by atoms with van der Waals surface area (Å²) >= 11 is 1.65. The van der Waals surface area contributed by atoms with E-state index in [1.165, 1.54) is 6.07 Å². The van der Waals surface area contributed by atoms with E-state index in [0.29, 0.717) is 18.2 Å². The molecule has 3 aromatic rings. The lowest BCUT2D eigenvalue weighted by Crippen LogP contribution is -2.16. The quantitative estimate of drug-likeness (QED) is 0.303. The summed E-state index contributed by atoms with van der Waals surface area (Å²) in [7, 11) is 0. The van der Waals surface area contributed by atoms with Crippen LogP contribution in [0.25, 0.3) is 22.0 Å². The van der Waals surface area contributed by atoms with E-state index in [9.17, 15) is 17.6 Å². The highest BCUT2D eigenvalue weighted by Crippen LogP contribution is 2.39. The summed E-state index contributed by atoms with van der Waals surface area (Å²) in [5, 5.41) is 0.996. The lowest BCUT2D eigenvalue weighted by atomic mass is 9.96. The third kappa shape index (κ3) is 6.07. The van der Waals surface area contributed by atoms with Gasteiger partial charge in [0.05, 0.1) is 5.56 Å². The lowest BCUT2D eigenvalue weighted by Gasteiger charge is -2.20. The predicted molar refractivity (Wildman–Crippen MR) is 126 cm³/mol. The Kier molecular flexibility index (Phi) is 6.74. The lowest BCUT2D eigenvalue weighted by molar-refractivity contribution is -0.137. The van der Waals surface area contributed by atoms with E-state index in [-0.39, 0.29) is 15.7 Å². The molecule has 0 atom stereocenters. The van der Waals surface area contributed by atoms with E-state index >= 15 is 0 Å². The van der Waals surface area contributed by atoms with Crippen molar-refractivity contribution in [2.24, 2.45) is 5.41 Å². The molecule has 0 aliphatic carbocycles. The summed E-state index contributed by atoms with van der Waals surface area (Å²) in [5.74, 6) is -0.900. The van der Waals surface area contributed by atoms with E-state index in [1.54, 1.807) is 24.1 Å². The number of fused-ring (bicyclic) bond motifs is 1. The summed E-state index contributed by atoms with van der Waals surface area (Å²) in [4.78, 5) is 0. The average Bonchev–Trinajstić information content (AvgIpc) is 2.95. The number of benzene rings is 2. The topological polar surface area (TPSA) is 17.0 Å². The van der Waals surface area contributed by atoms with Crippen molar-refractivity contribution in [2.75, 3.05) is 0 Å². The molecule has 0 radical (unpaired) electrons.